The molecular formula is C16H19NO4. The minimum atomic E-state index is -0.807. The minimum absolute atomic E-state index is 0.0604. The maximum absolute atomic E-state index is 12.5. The van der Waals surface area contributed by atoms with Gasteiger partial charge in [-0.1, -0.05) is 19.1 Å². The van der Waals surface area contributed by atoms with Gasteiger partial charge in [-0.15, -0.1) is 0 Å². The van der Waals surface area contributed by atoms with E-state index >= 15 is 0 Å². The average Bonchev–Trinajstić information content (AvgIpc) is 2.68. The molecule has 5 heteroatoms. The van der Waals surface area contributed by atoms with Crippen molar-refractivity contribution < 1.29 is 19.4 Å². The lowest BCUT2D eigenvalue weighted by Crippen LogP contribution is -2.50. The SMILES string of the molecule is CC1Oc2c(C(=O)N3CC(CC(=O)O)C3)cccc2C1C. The molecule has 1 N–H and O–H groups in total. The second kappa shape index (κ2) is 5.06. The fraction of sp³-hybridized carbons (Fsp3) is 0.500. The van der Waals surface area contributed by atoms with Crippen LogP contribution in [0.25, 0.3) is 0 Å². The van der Waals surface area contributed by atoms with E-state index in [0.29, 0.717) is 24.4 Å². The third-order valence-electron chi connectivity index (χ3n) is 4.48. The van der Waals surface area contributed by atoms with Gasteiger partial charge in [-0.3, -0.25) is 9.59 Å². The Balaban J connectivity index is 1.75. The summed E-state index contributed by atoms with van der Waals surface area (Å²) in [5, 5.41) is 8.75. The van der Waals surface area contributed by atoms with Gasteiger partial charge in [-0.2, -0.15) is 0 Å². The molecule has 1 saturated heterocycles. The van der Waals surface area contributed by atoms with Crippen molar-refractivity contribution in [2.24, 2.45) is 5.92 Å². The van der Waals surface area contributed by atoms with Crippen molar-refractivity contribution in [3.8, 4) is 5.75 Å². The molecule has 2 heterocycles. The Kier molecular flexibility index (Phi) is 3.35. The van der Waals surface area contributed by atoms with E-state index in [0.717, 1.165) is 5.56 Å². The van der Waals surface area contributed by atoms with E-state index in [9.17, 15) is 9.59 Å². The number of ether oxygens (including phenoxy) is 1. The second-order valence-electron chi connectivity index (χ2n) is 6.01. The molecule has 1 aromatic rings. The lowest BCUT2D eigenvalue weighted by atomic mass is 9.93. The fourth-order valence-electron chi connectivity index (χ4n) is 3.04. The van der Waals surface area contributed by atoms with E-state index in [1.54, 1.807) is 11.0 Å². The van der Waals surface area contributed by atoms with Crippen LogP contribution >= 0.6 is 0 Å². The predicted octanol–water partition coefficient (Wildman–Crippen LogP) is 2.12. The van der Waals surface area contributed by atoms with Crippen LogP contribution in [0.4, 0.5) is 0 Å². The molecule has 3 rings (SSSR count). The van der Waals surface area contributed by atoms with Crippen LogP contribution in [0, 0.1) is 5.92 Å². The maximum atomic E-state index is 12.5. The molecule has 2 atom stereocenters. The zero-order valence-corrected chi connectivity index (χ0v) is 12.2. The van der Waals surface area contributed by atoms with Crippen molar-refractivity contribution >= 4 is 11.9 Å². The summed E-state index contributed by atoms with van der Waals surface area (Å²) in [5.74, 6) is 0.184. The van der Waals surface area contributed by atoms with E-state index in [-0.39, 0.29) is 30.3 Å². The number of carboxylic acids is 1. The number of aliphatic carboxylic acids is 1. The molecule has 0 aromatic heterocycles. The van der Waals surface area contributed by atoms with Gasteiger partial charge in [-0.05, 0) is 13.0 Å². The van der Waals surface area contributed by atoms with Crippen molar-refractivity contribution in [3.05, 3.63) is 29.3 Å². The monoisotopic (exact) mass is 289 g/mol. The van der Waals surface area contributed by atoms with E-state index in [2.05, 4.69) is 6.92 Å². The number of hydrogen-bond acceptors (Lipinski definition) is 3. The van der Waals surface area contributed by atoms with Crippen LogP contribution in [-0.4, -0.2) is 41.1 Å². The topological polar surface area (TPSA) is 66.8 Å². The summed E-state index contributed by atoms with van der Waals surface area (Å²) in [6, 6.07) is 5.68. The molecule has 2 aliphatic heterocycles. The number of hydrogen-bond donors (Lipinski definition) is 1. The summed E-state index contributed by atoms with van der Waals surface area (Å²) in [4.78, 5) is 24.9. The molecule has 1 fully saturated rings. The van der Waals surface area contributed by atoms with Crippen molar-refractivity contribution in [1.29, 1.82) is 0 Å². The molecule has 2 aliphatic rings. The largest absolute Gasteiger partial charge is 0.489 e. The van der Waals surface area contributed by atoms with Crippen LogP contribution in [0.3, 0.4) is 0 Å². The lowest BCUT2D eigenvalue weighted by molar-refractivity contribution is -0.139. The first kappa shape index (κ1) is 13.9. The zero-order chi connectivity index (χ0) is 15.1. The molecule has 0 radical (unpaired) electrons. The van der Waals surface area contributed by atoms with E-state index in [1.165, 1.54) is 0 Å². The summed E-state index contributed by atoms with van der Waals surface area (Å²) in [6.07, 6.45) is 0.200. The Morgan fingerprint density at radius 1 is 1.33 bits per heavy atom. The van der Waals surface area contributed by atoms with Crippen LogP contribution in [0.1, 0.15) is 42.1 Å². The highest BCUT2D eigenvalue weighted by Gasteiger charge is 2.36. The predicted molar refractivity (Wildman–Crippen MR) is 76.6 cm³/mol. The number of carbonyl (C=O) groups excluding carboxylic acids is 1. The number of likely N-dealkylation sites (tertiary alicyclic amines) is 1. The smallest absolute Gasteiger partial charge is 0.303 e. The summed E-state index contributed by atoms with van der Waals surface area (Å²) < 4.78 is 5.84. The summed E-state index contributed by atoms with van der Waals surface area (Å²) in [7, 11) is 0. The Hall–Kier alpha value is -2.04. The summed E-state index contributed by atoms with van der Waals surface area (Å²) in [5.41, 5.74) is 1.67. The van der Waals surface area contributed by atoms with Crippen molar-refractivity contribution in [3.63, 3.8) is 0 Å². The van der Waals surface area contributed by atoms with Gasteiger partial charge in [0.15, 0.2) is 0 Å². The average molecular weight is 289 g/mol. The van der Waals surface area contributed by atoms with Crippen LogP contribution in [0.5, 0.6) is 5.75 Å². The number of carboxylic acid groups (broad SMARTS) is 1. The Bertz CT molecular complexity index is 592. The number of carbonyl (C=O) groups is 2. The van der Waals surface area contributed by atoms with E-state index < -0.39 is 5.97 Å². The van der Waals surface area contributed by atoms with Crippen molar-refractivity contribution in [2.45, 2.75) is 32.3 Å². The molecule has 5 nitrogen and oxygen atoms in total. The first-order chi connectivity index (χ1) is 9.97. The van der Waals surface area contributed by atoms with Gasteiger partial charge in [0, 0.05) is 30.5 Å². The number of amides is 1. The van der Waals surface area contributed by atoms with Gasteiger partial charge in [0.25, 0.3) is 5.91 Å². The number of para-hydroxylation sites is 1. The van der Waals surface area contributed by atoms with Crippen molar-refractivity contribution in [1.82, 2.24) is 4.90 Å². The van der Waals surface area contributed by atoms with Gasteiger partial charge in [0.05, 0.1) is 12.0 Å². The minimum Gasteiger partial charge on any atom is -0.489 e. The highest BCUT2D eigenvalue weighted by molar-refractivity contribution is 5.98. The van der Waals surface area contributed by atoms with Gasteiger partial charge in [0.1, 0.15) is 11.9 Å². The maximum Gasteiger partial charge on any atom is 0.303 e. The molecule has 0 bridgehead atoms. The standard InChI is InChI=1S/C16H19NO4/c1-9-10(2)21-15-12(9)4-3-5-13(15)16(20)17-7-11(8-17)6-14(18)19/h3-5,9-11H,6-8H2,1-2H3,(H,18,19). The molecule has 112 valence electrons. The molecule has 21 heavy (non-hydrogen) atoms. The molecule has 1 aromatic carbocycles. The van der Waals surface area contributed by atoms with Gasteiger partial charge in [0.2, 0.25) is 0 Å². The first-order valence-corrected chi connectivity index (χ1v) is 7.28. The molecule has 0 aliphatic carbocycles. The third-order valence-corrected chi connectivity index (χ3v) is 4.48. The van der Waals surface area contributed by atoms with Gasteiger partial charge >= 0.3 is 5.97 Å². The van der Waals surface area contributed by atoms with Gasteiger partial charge < -0.3 is 14.7 Å². The lowest BCUT2D eigenvalue weighted by Gasteiger charge is -2.38. The summed E-state index contributed by atoms with van der Waals surface area (Å²) in [6.45, 7) is 5.13. The normalized spacial score (nSPS) is 24.2. The second-order valence-corrected chi connectivity index (χ2v) is 6.01. The van der Waals surface area contributed by atoms with Crippen LogP contribution in [0.15, 0.2) is 18.2 Å². The molecule has 1 amide bonds. The number of benzene rings is 1. The summed E-state index contributed by atoms with van der Waals surface area (Å²) >= 11 is 0. The fourth-order valence-corrected chi connectivity index (χ4v) is 3.04. The van der Waals surface area contributed by atoms with Crippen LogP contribution in [0.2, 0.25) is 0 Å². The Labute approximate surface area is 123 Å². The molecular weight excluding hydrogens is 270 g/mol. The Morgan fingerprint density at radius 3 is 2.71 bits per heavy atom. The van der Waals surface area contributed by atoms with Crippen molar-refractivity contribution in [2.75, 3.05) is 13.1 Å². The van der Waals surface area contributed by atoms with E-state index in [4.69, 9.17) is 9.84 Å². The quantitative estimate of drug-likeness (QED) is 0.925. The number of fused-ring (bicyclic) bond motifs is 1. The van der Waals surface area contributed by atoms with Gasteiger partial charge in [-0.25, -0.2) is 0 Å². The number of nitrogens with zero attached hydrogens (tertiary/aromatic N) is 1. The van der Waals surface area contributed by atoms with Crippen LogP contribution < -0.4 is 4.74 Å². The highest BCUT2D eigenvalue weighted by Crippen LogP contribution is 2.41. The molecule has 2 unspecified atom stereocenters. The molecule has 0 saturated carbocycles. The highest BCUT2D eigenvalue weighted by atomic mass is 16.5. The van der Waals surface area contributed by atoms with Crippen LogP contribution in [-0.2, 0) is 4.79 Å². The third kappa shape index (κ3) is 2.37. The number of rotatable bonds is 3. The Morgan fingerprint density at radius 2 is 2.05 bits per heavy atom. The van der Waals surface area contributed by atoms with E-state index in [1.807, 2.05) is 19.1 Å². The zero-order valence-electron chi connectivity index (χ0n) is 12.2. The molecule has 0 spiro atoms. The first-order valence-electron chi connectivity index (χ1n) is 7.28.